The van der Waals surface area contributed by atoms with Crippen molar-refractivity contribution in [3.05, 3.63) is 75.5 Å². The van der Waals surface area contributed by atoms with Crippen LogP contribution in [0, 0.1) is 20.7 Å². The first kappa shape index (κ1) is 18.4. The van der Waals surface area contributed by atoms with Gasteiger partial charge in [0.05, 0.1) is 18.4 Å². The predicted molar refractivity (Wildman–Crippen MR) is 110 cm³/mol. The normalized spacial score (nSPS) is 11.1. The molecule has 0 saturated heterocycles. The monoisotopic (exact) mass is 493 g/mol. The quantitative estimate of drug-likeness (QED) is 0.219. The molecule has 4 N–H and O–H groups in total. The lowest BCUT2D eigenvalue weighted by molar-refractivity contribution is 0.435. The molecule has 0 saturated carbocycles. The second-order valence-corrected chi connectivity index (χ2v) is 7.24. The number of rotatable bonds is 5. The Morgan fingerprint density at radius 3 is 2.79 bits per heavy atom. The molecule has 4 aromatic rings. The van der Waals surface area contributed by atoms with Gasteiger partial charge in [0.1, 0.15) is 21.1 Å². The van der Waals surface area contributed by atoms with Gasteiger partial charge in [0.25, 0.3) is 0 Å². The zero-order chi connectivity index (χ0) is 19.8. The van der Waals surface area contributed by atoms with Crippen LogP contribution in [-0.4, -0.2) is 20.4 Å². The molecule has 28 heavy (non-hydrogen) atoms. The molecule has 4 rings (SSSR count). The number of benzene rings is 2. The van der Waals surface area contributed by atoms with Gasteiger partial charge < -0.3 is 20.0 Å². The number of hydrogen-bond donors (Lipinski definition) is 3. The van der Waals surface area contributed by atoms with Crippen LogP contribution in [0.2, 0.25) is 0 Å². The highest BCUT2D eigenvalue weighted by molar-refractivity contribution is 14.1. The number of hydrogen-bond acceptors (Lipinski definition) is 3. The van der Waals surface area contributed by atoms with Crippen molar-refractivity contribution in [1.82, 2.24) is 14.5 Å². The second kappa shape index (κ2) is 7.23. The Labute approximate surface area is 172 Å². The van der Waals surface area contributed by atoms with Crippen LogP contribution in [0.4, 0.5) is 8.78 Å². The molecule has 2 heterocycles. The van der Waals surface area contributed by atoms with Gasteiger partial charge in [0.2, 0.25) is 0 Å². The molecule has 0 aliphatic carbocycles. The van der Waals surface area contributed by atoms with Crippen molar-refractivity contribution >= 4 is 39.3 Å². The summed E-state index contributed by atoms with van der Waals surface area (Å²) in [4.78, 5) is 7.18. The minimum Gasteiger partial charge on any atom is -0.454 e. The highest BCUT2D eigenvalue weighted by Crippen LogP contribution is 2.35. The van der Waals surface area contributed by atoms with E-state index in [4.69, 9.17) is 15.9 Å². The van der Waals surface area contributed by atoms with Crippen molar-refractivity contribution in [3.63, 3.8) is 0 Å². The van der Waals surface area contributed by atoms with Gasteiger partial charge in [-0.1, -0.05) is 0 Å². The van der Waals surface area contributed by atoms with Gasteiger partial charge in [-0.2, -0.15) is 0 Å². The van der Waals surface area contributed by atoms with E-state index in [1.165, 1.54) is 18.2 Å². The van der Waals surface area contributed by atoms with Gasteiger partial charge in [-0.05, 0) is 46.9 Å². The minimum atomic E-state index is -0.644. The number of nitrogen functional groups attached to an aromatic ring is 1. The molecule has 0 radical (unpaired) electrons. The molecule has 0 unspecified atom stereocenters. The van der Waals surface area contributed by atoms with E-state index in [0.29, 0.717) is 17.6 Å². The largest absolute Gasteiger partial charge is 0.454 e. The van der Waals surface area contributed by atoms with Crippen molar-refractivity contribution in [1.29, 1.82) is 5.41 Å². The summed E-state index contributed by atoms with van der Waals surface area (Å²) in [6.07, 6.45) is 5.21. The minimum absolute atomic E-state index is 0.0249. The van der Waals surface area contributed by atoms with Crippen LogP contribution in [0.5, 0.6) is 11.5 Å². The molecular formula is C19H14F2IN5O. The number of aromatic nitrogens is 3. The van der Waals surface area contributed by atoms with E-state index >= 15 is 0 Å². The van der Waals surface area contributed by atoms with E-state index in [2.05, 4.69) is 32.6 Å². The van der Waals surface area contributed by atoms with Gasteiger partial charge >= 0.3 is 0 Å². The maximum atomic E-state index is 14.9. The fourth-order valence-electron chi connectivity index (χ4n) is 2.98. The topological polar surface area (TPSA) is 92.7 Å². The SMILES string of the molecule is N=C(N)c1cc(Oc2c(F)cc3[nH]ccc3c2Cn2cnc(I)c2)ccc1F. The number of fused-ring (bicyclic) bond motifs is 1. The number of nitrogens with two attached hydrogens (primary N) is 1. The lowest BCUT2D eigenvalue weighted by atomic mass is 10.1. The number of aromatic amines is 1. The van der Waals surface area contributed by atoms with Crippen molar-refractivity contribution < 1.29 is 13.5 Å². The molecule has 2 aromatic carbocycles. The fourth-order valence-corrected chi connectivity index (χ4v) is 3.47. The van der Waals surface area contributed by atoms with Crippen molar-refractivity contribution in [3.8, 4) is 11.5 Å². The van der Waals surface area contributed by atoms with E-state index in [0.717, 1.165) is 15.2 Å². The smallest absolute Gasteiger partial charge is 0.168 e. The maximum Gasteiger partial charge on any atom is 0.168 e. The Hall–Kier alpha value is -2.95. The summed E-state index contributed by atoms with van der Waals surface area (Å²) in [5, 5.41) is 8.27. The average Bonchev–Trinajstić information content (AvgIpc) is 3.27. The first-order valence-electron chi connectivity index (χ1n) is 8.20. The lowest BCUT2D eigenvalue weighted by Gasteiger charge is -2.15. The Kier molecular flexibility index (Phi) is 4.75. The molecule has 0 spiro atoms. The number of halogens is 3. The van der Waals surface area contributed by atoms with Gasteiger partial charge in [-0.3, -0.25) is 5.41 Å². The first-order chi connectivity index (χ1) is 13.4. The fraction of sp³-hybridized carbons (Fsp3) is 0.0526. The third-order valence-electron chi connectivity index (χ3n) is 4.26. The van der Waals surface area contributed by atoms with Crippen LogP contribution in [0.3, 0.4) is 0 Å². The number of H-pyrrole nitrogens is 1. The number of amidine groups is 1. The molecule has 2 aromatic heterocycles. The molecular weight excluding hydrogens is 479 g/mol. The standard InChI is InChI=1S/C19H14F2IN5O/c20-14-2-1-10(5-12(14)19(23)24)28-18-13(7-27-8-17(22)26-9-27)11-3-4-25-16(11)6-15(18)21/h1-6,8-9,25H,7H2,(H3,23,24). The molecule has 9 heteroatoms. The molecule has 0 aliphatic heterocycles. The molecule has 0 bridgehead atoms. The first-order valence-corrected chi connectivity index (χ1v) is 9.28. The predicted octanol–water partition coefficient (Wildman–Crippen LogP) is 4.37. The zero-order valence-electron chi connectivity index (χ0n) is 14.3. The summed E-state index contributed by atoms with van der Waals surface area (Å²) < 4.78 is 37.1. The van der Waals surface area contributed by atoms with Crippen molar-refractivity contribution in [2.24, 2.45) is 5.73 Å². The van der Waals surface area contributed by atoms with E-state index in [1.54, 1.807) is 12.5 Å². The summed E-state index contributed by atoms with van der Waals surface area (Å²) in [6.45, 7) is 0.332. The van der Waals surface area contributed by atoms with Crippen molar-refractivity contribution in [2.45, 2.75) is 6.54 Å². The molecule has 142 valence electrons. The lowest BCUT2D eigenvalue weighted by Crippen LogP contribution is -2.13. The molecule has 0 atom stereocenters. The van der Waals surface area contributed by atoms with Crippen LogP contribution < -0.4 is 10.5 Å². The third kappa shape index (κ3) is 3.44. The van der Waals surface area contributed by atoms with Crippen LogP contribution in [0.15, 0.2) is 49.1 Å². The Morgan fingerprint density at radius 2 is 2.07 bits per heavy atom. The van der Waals surface area contributed by atoms with E-state index in [-0.39, 0.29) is 17.1 Å². The second-order valence-electron chi connectivity index (χ2n) is 6.13. The van der Waals surface area contributed by atoms with Gasteiger partial charge in [0.15, 0.2) is 11.6 Å². The average molecular weight is 493 g/mol. The highest BCUT2D eigenvalue weighted by Gasteiger charge is 2.18. The van der Waals surface area contributed by atoms with Gasteiger partial charge in [-0.25, -0.2) is 13.8 Å². The third-order valence-corrected chi connectivity index (χ3v) is 4.81. The van der Waals surface area contributed by atoms with E-state index in [9.17, 15) is 8.78 Å². The highest BCUT2D eigenvalue weighted by atomic mass is 127. The van der Waals surface area contributed by atoms with E-state index in [1.807, 2.05) is 16.8 Å². The van der Waals surface area contributed by atoms with Crippen molar-refractivity contribution in [2.75, 3.05) is 0 Å². The number of nitrogens with one attached hydrogen (secondary N) is 2. The Morgan fingerprint density at radius 1 is 1.25 bits per heavy atom. The summed E-state index contributed by atoms with van der Waals surface area (Å²) in [5.74, 6) is -1.43. The molecule has 0 amide bonds. The molecule has 6 nitrogen and oxygen atoms in total. The van der Waals surface area contributed by atoms with Gasteiger partial charge in [0, 0.05) is 34.9 Å². The molecule has 0 aliphatic rings. The number of ether oxygens (including phenoxy) is 1. The molecule has 0 fully saturated rings. The Balaban J connectivity index is 1.82. The van der Waals surface area contributed by atoms with Crippen LogP contribution >= 0.6 is 22.6 Å². The zero-order valence-corrected chi connectivity index (χ0v) is 16.5. The van der Waals surface area contributed by atoms with Crippen LogP contribution in [-0.2, 0) is 6.54 Å². The number of imidazole rings is 1. The Bertz CT molecular complexity index is 1200. The van der Waals surface area contributed by atoms with Crippen LogP contribution in [0.1, 0.15) is 11.1 Å². The van der Waals surface area contributed by atoms with Crippen LogP contribution in [0.25, 0.3) is 10.9 Å². The van der Waals surface area contributed by atoms with E-state index < -0.39 is 17.5 Å². The summed E-state index contributed by atoms with van der Waals surface area (Å²) >= 11 is 2.10. The summed E-state index contributed by atoms with van der Waals surface area (Å²) in [5.41, 5.74) is 6.54. The maximum absolute atomic E-state index is 14.9. The summed E-state index contributed by atoms with van der Waals surface area (Å²) in [6, 6.07) is 6.97. The summed E-state index contributed by atoms with van der Waals surface area (Å²) in [7, 11) is 0. The van der Waals surface area contributed by atoms with Gasteiger partial charge in [-0.15, -0.1) is 0 Å². The number of nitrogens with zero attached hydrogens (tertiary/aromatic N) is 2.